The Morgan fingerprint density at radius 2 is 1.90 bits per heavy atom. The number of carbonyl (C=O) groups excluding carboxylic acids is 2. The van der Waals surface area contributed by atoms with E-state index in [0.29, 0.717) is 40.5 Å². The van der Waals surface area contributed by atoms with Gasteiger partial charge in [0.1, 0.15) is 17.4 Å². The Kier molecular flexibility index (Phi) is 7.63. The number of nitriles is 1. The van der Waals surface area contributed by atoms with Gasteiger partial charge < -0.3 is 19.5 Å². The van der Waals surface area contributed by atoms with Gasteiger partial charge in [0.15, 0.2) is 0 Å². The molecule has 0 fully saturated rings. The maximum atomic E-state index is 13.0. The maximum absolute atomic E-state index is 13.0. The largest absolute Gasteiger partial charge is 0.495 e. The number of nitrogens with one attached hydrogen (secondary N) is 1. The number of methoxy groups -OCH3 is 2. The van der Waals surface area contributed by atoms with Gasteiger partial charge in [0.25, 0.3) is 0 Å². The second-order valence-corrected chi connectivity index (χ2v) is 11.3. The van der Waals surface area contributed by atoms with E-state index in [1.54, 1.807) is 39.1 Å². The summed E-state index contributed by atoms with van der Waals surface area (Å²) in [6.45, 7) is 9.82. The highest BCUT2D eigenvalue weighted by molar-refractivity contribution is 6.34. The highest BCUT2D eigenvalue weighted by Gasteiger charge is 2.42. The van der Waals surface area contributed by atoms with Crippen molar-refractivity contribution in [2.75, 3.05) is 31.0 Å². The van der Waals surface area contributed by atoms with Gasteiger partial charge in [0.2, 0.25) is 5.95 Å². The van der Waals surface area contributed by atoms with Crippen molar-refractivity contribution >= 4 is 41.0 Å². The van der Waals surface area contributed by atoms with Crippen LogP contribution in [0.15, 0.2) is 36.5 Å². The highest BCUT2D eigenvalue weighted by Crippen LogP contribution is 2.45. The number of carbonyl (C=O) groups is 2. The normalized spacial score (nSPS) is 13.7. The van der Waals surface area contributed by atoms with Crippen molar-refractivity contribution in [3.8, 4) is 23.1 Å². The minimum Gasteiger partial charge on any atom is -0.495 e. The number of aromatic nitrogens is 2. The zero-order valence-corrected chi connectivity index (χ0v) is 24.1. The lowest BCUT2D eigenvalue weighted by atomic mass is 9.85. The lowest BCUT2D eigenvalue weighted by Gasteiger charge is -2.26. The number of amides is 1. The Morgan fingerprint density at radius 1 is 1.18 bits per heavy atom. The first-order valence-electron chi connectivity index (χ1n) is 12.4. The molecule has 3 aromatic rings. The molecule has 0 radical (unpaired) electrons. The van der Waals surface area contributed by atoms with Gasteiger partial charge in [0, 0.05) is 23.7 Å². The summed E-state index contributed by atoms with van der Waals surface area (Å²) in [6.07, 6.45) is 1.09. The number of halogens is 1. The molecule has 2 heterocycles. The number of benzene rings is 2. The zero-order chi connectivity index (χ0) is 29.4. The quantitative estimate of drug-likeness (QED) is 0.359. The van der Waals surface area contributed by atoms with Crippen molar-refractivity contribution in [2.45, 2.75) is 45.6 Å². The minimum atomic E-state index is -0.673. The molecule has 0 atom stereocenters. The maximum Gasteiger partial charge on any atom is 0.414 e. The van der Waals surface area contributed by atoms with E-state index >= 15 is 0 Å². The van der Waals surface area contributed by atoms with Gasteiger partial charge in [-0.05, 0) is 56.7 Å². The molecule has 1 aliphatic rings. The smallest absolute Gasteiger partial charge is 0.414 e. The molecular formula is C29H30ClN5O5. The SMILES string of the molecule is COC(=O)c1cc(OC)c(Nc2nccc(-c3cc(C#N)c4c(c3)C(C)(C)CN4C(=O)OC(C)(C)C)n2)cc1Cl. The van der Waals surface area contributed by atoms with E-state index in [4.69, 9.17) is 25.8 Å². The van der Waals surface area contributed by atoms with Gasteiger partial charge in [-0.1, -0.05) is 25.4 Å². The highest BCUT2D eigenvalue weighted by atomic mass is 35.5. The van der Waals surface area contributed by atoms with E-state index in [0.717, 1.165) is 5.56 Å². The van der Waals surface area contributed by atoms with Gasteiger partial charge in [-0.25, -0.2) is 19.6 Å². The van der Waals surface area contributed by atoms with Crippen LogP contribution in [0.1, 0.15) is 56.1 Å². The fraction of sp³-hybridized carbons (Fsp3) is 0.345. The molecule has 208 valence electrons. The third-order valence-electron chi connectivity index (χ3n) is 6.29. The third kappa shape index (κ3) is 5.65. The summed E-state index contributed by atoms with van der Waals surface area (Å²) >= 11 is 6.30. The molecule has 10 nitrogen and oxygen atoms in total. The Balaban J connectivity index is 1.73. The molecule has 0 saturated heterocycles. The molecule has 1 aliphatic heterocycles. The molecular weight excluding hydrogens is 534 g/mol. The first kappa shape index (κ1) is 28.6. The van der Waals surface area contributed by atoms with E-state index in [-0.39, 0.29) is 16.5 Å². The van der Waals surface area contributed by atoms with Crippen LogP contribution < -0.4 is 15.0 Å². The number of esters is 1. The summed E-state index contributed by atoms with van der Waals surface area (Å²) in [5.74, 6) is -0.00965. The van der Waals surface area contributed by atoms with Crippen LogP contribution in [-0.4, -0.2) is 48.4 Å². The monoisotopic (exact) mass is 563 g/mol. The van der Waals surface area contributed by atoms with E-state index in [2.05, 4.69) is 21.4 Å². The number of fused-ring (bicyclic) bond motifs is 1. The fourth-order valence-electron chi connectivity index (χ4n) is 4.49. The van der Waals surface area contributed by atoms with Crippen molar-refractivity contribution in [1.29, 1.82) is 5.26 Å². The van der Waals surface area contributed by atoms with Crippen LogP contribution >= 0.6 is 11.6 Å². The molecule has 40 heavy (non-hydrogen) atoms. The first-order valence-corrected chi connectivity index (χ1v) is 12.8. The van der Waals surface area contributed by atoms with Crippen LogP contribution in [0.4, 0.5) is 22.1 Å². The van der Waals surface area contributed by atoms with Crippen molar-refractivity contribution in [3.05, 3.63) is 58.2 Å². The third-order valence-corrected chi connectivity index (χ3v) is 6.60. The summed E-state index contributed by atoms with van der Waals surface area (Å²) in [5.41, 5.74) is 2.45. The molecule has 0 aliphatic carbocycles. The van der Waals surface area contributed by atoms with Crippen LogP contribution in [0.3, 0.4) is 0 Å². The summed E-state index contributed by atoms with van der Waals surface area (Å²) in [4.78, 5) is 35.5. The molecule has 1 aromatic heterocycles. The standard InChI is InChI=1S/C29H30ClN5O5/c1-28(2,3)40-27(37)35-15-29(4,5)19-11-16(10-17(14-31)24(19)35)21-8-9-32-26(33-21)34-22-13-20(30)18(25(36)39-7)12-23(22)38-6/h8-13H,15H2,1-7H3,(H,32,33,34). The van der Waals surface area contributed by atoms with Gasteiger partial charge in [0.05, 0.1) is 47.4 Å². The Labute approximate surface area is 237 Å². The second-order valence-electron chi connectivity index (χ2n) is 10.9. The molecule has 0 unspecified atom stereocenters. The molecule has 11 heteroatoms. The van der Waals surface area contributed by atoms with Gasteiger partial charge in [-0.3, -0.25) is 4.90 Å². The molecule has 2 aromatic carbocycles. The topological polar surface area (TPSA) is 127 Å². The number of anilines is 3. The molecule has 4 rings (SSSR count). The molecule has 1 N–H and O–H groups in total. The number of hydrogen-bond donors (Lipinski definition) is 1. The Morgan fingerprint density at radius 3 is 2.52 bits per heavy atom. The Hall–Kier alpha value is -4.36. The minimum absolute atomic E-state index is 0.159. The van der Waals surface area contributed by atoms with Crippen molar-refractivity contribution in [3.63, 3.8) is 0 Å². The van der Waals surface area contributed by atoms with E-state index < -0.39 is 23.1 Å². The summed E-state index contributed by atoms with van der Waals surface area (Å²) in [6, 6.07) is 10.6. The second kappa shape index (κ2) is 10.7. The molecule has 0 saturated carbocycles. The van der Waals surface area contributed by atoms with Crippen LogP contribution in [-0.2, 0) is 14.9 Å². The fourth-order valence-corrected chi connectivity index (χ4v) is 4.73. The number of hydrogen-bond acceptors (Lipinski definition) is 9. The van der Waals surface area contributed by atoms with Crippen molar-refractivity contribution < 1.29 is 23.8 Å². The summed E-state index contributed by atoms with van der Waals surface area (Å²) in [5, 5.41) is 13.3. The first-order chi connectivity index (χ1) is 18.8. The van der Waals surface area contributed by atoms with Crippen LogP contribution in [0, 0.1) is 11.3 Å². The van der Waals surface area contributed by atoms with Crippen molar-refractivity contribution in [1.82, 2.24) is 9.97 Å². The molecule has 0 bridgehead atoms. The van der Waals surface area contributed by atoms with E-state index in [1.807, 2.05) is 19.9 Å². The predicted molar refractivity (Wildman–Crippen MR) is 151 cm³/mol. The predicted octanol–water partition coefficient (Wildman–Crippen LogP) is 6.24. The Bertz CT molecular complexity index is 1540. The lowest BCUT2D eigenvalue weighted by molar-refractivity contribution is 0.0575. The van der Waals surface area contributed by atoms with Gasteiger partial charge in [-0.2, -0.15) is 5.26 Å². The number of nitrogens with zero attached hydrogens (tertiary/aromatic N) is 4. The van der Waals surface area contributed by atoms with E-state index in [9.17, 15) is 14.9 Å². The molecule has 1 amide bonds. The van der Waals surface area contributed by atoms with E-state index in [1.165, 1.54) is 31.3 Å². The summed E-state index contributed by atoms with van der Waals surface area (Å²) < 4.78 is 15.8. The zero-order valence-electron chi connectivity index (χ0n) is 23.4. The van der Waals surface area contributed by atoms with Crippen LogP contribution in [0.5, 0.6) is 5.75 Å². The van der Waals surface area contributed by atoms with Gasteiger partial charge >= 0.3 is 12.1 Å². The van der Waals surface area contributed by atoms with Crippen LogP contribution in [0.25, 0.3) is 11.3 Å². The average molecular weight is 564 g/mol. The average Bonchev–Trinajstić information content (AvgIpc) is 3.18. The number of rotatable bonds is 5. The molecule has 0 spiro atoms. The number of ether oxygens (including phenoxy) is 3. The summed E-state index contributed by atoms with van der Waals surface area (Å²) in [7, 11) is 2.73. The van der Waals surface area contributed by atoms with Gasteiger partial charge in [-0.15, -0.1) is 0 Å². The van der Waals surface area contributed by atoms with Crippen molar-refractivity contribution in [2.24, 2.45) is 0 Å². The lowest BCUT2D eigenvalue weighted by Crippen LogP contribution is -2.38. The van der Waals surface area contributed by atoms with Crippen LogP contribution in [0.2, 0.25) is 5.02 Å².